The fourth-order valence-electron chi connectivity index (χ4n) is 0.698. The molecule has 0 heterocycles. The second-order valence-corrected chi connectivity index (χ2v) is 5.74. The highest BCUT2D eigenvalue weighted by molar-refractivity contribution is 7.46. The van der Waals surface area contributed by atoms with Crippen molar-refractivity contribution in [3.8, 4) is 0 Å². The Morgan fingerprint density at radius 2 is 2.00 bits per heavy atom. The standard InChI is InChI=1S/C8H18NO7P/c1-9(2,3)4-5-15-17(13,14)16-8(12)7(11)6-10/h7,10-11H,4-6H2,1-3H3. The summed E-state index contributed by atoms with van der Waals surface area (Å²) in [5.74, 6) is -1.46. The number of hydrogen-bond acceptors (Lipinski definition) is 7. The molecule has 17 heavy (non-hydrogen) atoms. The van der Waals surface area contributed by atoms with Gasteiger partial charge in [-0.25, -0.2) is 4.79 Å². The first-order valence-corrected chi connectivity index (χ1v) is 6.32. The summed E-state index contributed by atoms with van der Waals surface area (Å²) in [7, 11) is 0.719. The third kappa shape index (κ3) is 8.25. The van der Waals surface area contributed by atoms with Crippen molar-refractivity contribution < 1.29 is 38.0 Å². The maximum atomic E-state index is 11.1. The van der Waals surface area contributed by atoms with E-state index in [4.69, 9.17) is 10.2 Å². The first kappa shape index (κ1) is 16.5. The minimum atomic E-state index is -4.78. The second-order valence-electron chi connectivity index (χ2n) is 4.40. The van der Waals surface area contributed by atoms with Crippen LogP contribution in [0.3, 0.4) is 0 Å². The molecule has 0 amide bonds. The van der Waals surface area contributed by atoms with Crippen LogP contribution < -0.4 is 4.89 Å². The number of phosphoric acid groups is 1. The van der Waals surface area contributed by atoms with E-state index in [0.29, 0.717) is 11.0 Å². The predicted octanol–water partition coefficient (Wildman–Crippen LogP) is -1.93. The van der Waals surface area contributed by atoms with Crippen LogP contribution >= 0.6 is 7.82 Å². The fourth-order valence-corrected chi connectivity index (χ4v) is 1.40. The molecule has 2 N–H and O–H groups in total. The number of carbonyl (C=O) groups excluding carboxylic acids is 1. The minimum absolute atomic E-state index is 0.146. The van der Waals surface area contributed by atoms with Crippen molar-refractivity contribution in [3.05, 3.63) is 0 Å². The summed E-state index contributed by atoms with van der Waals surface area (Å²) in [4.78, 5) is 22.0. The van der Waals surface area contributed by atoms with Crippen LogP contribution in [-0.4, -0.2) is 67.7 Å². The molecule has 0 saturated carbocycles. The van der Waals surface area contributed by atoms with E-state index in [1.807, 2.05) is 21.1 Å². The van der Waals surface area contributed by atoms with Crippen molar-refractivity contribution in [1.29, 1.82) is 0 Å². The van der Waals surface area contributed by atoms with Gasteiger partial charge in [0, 0.05) is 0 Å². The smallest absolute Gasteiger partial charge is 0.343 e. The van der Waals surface area contributed by atoms with Crippen molar-refractivity contribution in [1.82, 2.24) is 0 Å². The quantitative estimate of drug-likeness (QED) is 0.409. The van der Waals surface area contributed by atoms with Gasteiger partial charge in [-0.3, -0.25) is 4.57 Å². The van der Waals surface area contributed by atoms with Crippen LogP contribution in [0.1, 0.15) is 0 Å². The lowest BCUT2D eigenvalue weighted by Gasteiger charge is -2.27. The summed E-state index contributed by atoms with van der Waals surface area (Å²) in [6, 6.07) is 0. The van der Waals surface area contributed by atoms with Crippen LogP contribution in [-0.2, 0) is 18.4 Å². The van der Waals surface area contributed by atoms with Gasteiger partial charge in [-0.2, -0.15) is 0 Å². The minimum Gasteiger partial charge on any atom is -0.746 e. The van der Waals surface area contributed by atoms with Gasteiger partial charge in [-0.15, -0.1) is 0 Å². The molecule has 0 rings (SSSR count). The molecule has 0 aliphatic carbocycles. The third-order valence-electron chi connectivity index (χ3n) is 1.66. The number of nitrogens with zero attached hydrogens (tertiary/aromatic N) is 1. The summed E-state index contributed by atoms with van der Waals surface area (Å²) in [6.45, 7) is -0.670. The number of carbonyl (C=O) groups is 1. The number of rotatable bonds is 7. The maximum Gasteiger partial charge on any atom is 0.343 e. The fraction of sp³-hybridized carbons (Fsp3) is 0.875. The zero-order valence-electron chi connectivity index (χ0n) is 10.0. The van der Waals surface area contributed by atoms with Gasteiger partial charge in [0.2, 0.25) is 0 Å². The monoisotopic (exact) mass is 271 g/mol. The molecule has 0 radical (unpaired) electrons. The van der Waals surface area contributed by atoms with E-state index < -0.39 is 26.5 Å². The lowest BCUT2D eigenvalue weighted by atomic mass is 10.4. The number of hydrogen-bond donors (Lipinski definition) is 2. The number of quaternary nitrogens is 1. The summed E-state index contributed by atoms with van der Waals surface area (Å²) >= 11 is 0. The van der Waals surface area contributed by atoms with E-state index in [1.165, 1.54) is 0 Å². The maximum absolute atomic E-state index is 11.1. The van der Waals surface area contributed by atoms with E-state index >= 15 is 0 Å². The second kappa shape index (κ2) is 6.44. The van der Waals surface area contributed by atoms with Crippen molar-refractivity contribution in [2.24, 2.45) is 0 Å². The molecular formula is C8H18NO7P. The van der Waals surface area contributed by atoms with Crippen LogP contribution in [0.4, 0.5) is 0 Å². The van der Waals surface area contributed by atoms with Crippen LogP contribution in [0, 0.1) is 0 Å². The van der Waals surface area contributed by atoms with E-state index in [0.717, 1.165) is 0 Å². The number of aliphatic hydroxyl groups excluding tert-OH is 2. The Morgan fingerprint density at radius 3 is 2.41 bits per heavy atom. The molecule has 0 aromatic rings. The highest BCUT2D eigenvalue weighted by Crippen LogP contribution is 2.38. The van der Waals surface area contributed by atoms with Gasteiger partial charge in [0.05, 0.1) is 27.7 Å². The Hall–Kier alpha value is -0.500. The van der Waals surface area contributed by atoms with Gasteiger partial charge < -0.3 is 28.6 Å². The molecule has 0 aliphatic rings. The third-order valence-corrected chi connectivity index (χ3v) is 2.56. The molecule has 8 nitrogen and oxygen atoms in total. The Kier molecular flexibility index (Phi) is 6.25. The molecule has 0 aromatic carbocycles. The van der Waals surface area contributed by atoms with Crippen LogP contribution in [0.2, 0.25) is 0 Å². The summed E-state index contributed by atoms with van der Waals surface area (Å²) in [5.41, 5.74) is 0. The zero-order chi connectivity index (χ0) is 13.7. The SMILES string of the molecule is C[N+](C)(C)CCOP(=O)([O-])OC(=O)C(O)CO. The molecule has 0 bridgehead atoms. The van der Waals surface area contributed by atoms with E-state index in [-0.39, 0.29) is 6.61 Å². The molecule has 0 aromatic heterocycles. The first-order chi connectivity index (χ1) is 7.57. The van der Waals surface area contributed by atoms with E-state index in [2.05, 4.69) is 9.05 Å². The Balaban J connectivity index is 4.13. The number of phosphoric ester groups is 1. The zero-order valence-corrected chi connectivity index (χ0v) is 10.9. The van der Waals surface area contributed by atoms with Crippen LogP contribution in [0.5, 0.6) is 0 Å². The highest BCUT2D eigenvalue weighted by Gasteiger charge is 2.22. The summed E-state index contributed by atoms with van der Waals surface area (Å²) in [5, 5.41) is 17.2. The van der Waals surface area contributed by atoms with Crippen LogP contribution in [0.15, 0.2) is 0 Å². The molecular weight excluding hydrogens is 253 g/mol. The Morgan fingerprint density at radius 1 is 1.47 bits per heavy atom. The molecule has 2 atom stereocenters. The molecule has 102 valence electrons. The Labute approximate surface area is 99.6 Å². The average Bonchev–Trinajstić information content (AvgIpc) is 2.13. The van der Waals surface area contributed by atoms with Crippen molar-refractivity contribution >= 4 is 13.8 Å². The van der Waals surface area contributed by atoms with Crippen molar-refractivity contribution in [2.75, 3.05) is 40.9 Å². The van der Waals surface area contributed by atoms with Gasteiger partial charge >= 0.3 is 13.8 Å². The molecule has 0 fully saturated rings. The van der Waals surface area contributed by atoms with E-state index in [1.54, 1.807) is 0 Å². The number of likely N-dealkylation sites (N-methyl/N-ethyl adjacent to an activating group) is 1. The van der Waals surface area contributed by atoms with Gasteiger partial charge in [-0.1, -0.05) is 0 Å². The molecule has 2 unspecified atom stereocenters. The Bertz CT molecular complexity index is 301. The van der Waals surface area contributed by atoms with Gasteiger partial charge in [-0.05, 0) is 0 Å². The highest BCUT2D eigenvalue weighted by atomic mass is 31.2. The van der Waals surface area contributed by atoms with Gasteiger partial charge in [0.25, 0.3) is 0 Å². The topological polar surface area (TPSA) is 116 Å². The van der Waals surface area contributed by atoms with E-state index in [9.17, 15) is 14.3 Å². The predicted molar refractivity (Wildman–Crippen MR) is 55.6 cm³/mol. The number of aliphatic hydroxyl groups is 2. The van der Waals surface area contributed by atoms with Gasteiger partial charge in [0.15, 0.2) is 6.10 Å². The van der Waals surface area contributed by atoms with Crippen molar-refractivity contribution in [3.63, 3.8) is 0 Å². The lowest BCUT2D eigenvalue weighted by Crippen LogP contribution is -2.37. The molecule has 0 spiro atoms. The van der Waals surface area contributed by atoms with Crippen LogP contribution in [0.25, 0.3) is 0 Å². The summed E-state index contributed by atoms with van der Waals surface area (Å²) in [6.07, 6.45) is -1.89. The first-order valence-electron chi connectivity index (χ1n) is 4.86. The molecule has 9 heteroatoms. The normalized spacial score (nSPS) is 17.3. The lowest BCUT2D eigenvalue weighted by molar-refractivity contribution is -0.870. The van der Waals surface area contributed by atoms with Gasteiger partial charge in [0.1, 0.15) is 13.2 Å². The molecule has 0 aliphatic heterocycles. The summed E-state index contributed by atoms with van der Waals surface area (Å²) < 4.78 is 19.9. The average molecular weight is 271 g/mol. The molecule has 0 saturated heterocycles. The van der Waals surface area contributed by atoms with Crippen molar-refractivity contribution in [2.45, 2.75) is 6.10 Å². The largest absolute Gasteiger partial charge is 0.746 e.